The van der Waals surface area contributed by atoms with E-state index in [9.17, 15) is 4.79 Å². The highest BCUT2D eigenvalue weighted by molar-refractivity contribution is 7.99. The van der Waals surface area contributed by atoms with E-state index in [1.54, 1.807) is 0 Å². The molecule has 0 saturated heterocycles. The summed E-state index contributed by atoms with van der Waals surface area (Å²) in [6.45, 7) is 4.33. The minimum absolute atomic E-state index is 0.0137. The van der Waals surface area contributed by atoms with Crippen LogP contribution in [-0.2, 0) is 4.79 Å². The van der Waals surface area contributed by atoms with Crippen molar-refractivity contribution >= 4 is 17.7 Å². The second-order valence-electron chi connectivity index (χ2n) is 6.59. The molecule has 0 bridgehead atoms. The quantitative estimate of drug-likeness (QED) is 0.745. The Kier molecular flexibility index (Phi) is 5.50. The van der Waals surface area contributed by atoms with Crippen LogP contribution >= 0.6 is 11.8 Å². The maximum absolute atomic E-state index is 12.4. The molecule has 0 radical (unpaired) electrons. The first-order chi connectivity index (χ1) is 11.6. The molecular weight excluding hydrogens is 322 g/mol. The van der Waals surface area contributed by atoms with Crippen molar-refractivity contribution in [1.82, 2.24) is 25.5 Å². The summed E-state index contributed by atoms with van der Waals surface area (Å²) < 4.78 is 1.83. The zero-order chi connectivity index (χ0) is 16.9. The Balaban J connectivity index is 1.58. The molecule has 0 spiro atoms. The summed E-state index contributed by atoms with van der Waals surface area (Å²) in [6.07, 6.45) is 3.16. The van der Waals surface area contributed by atoms with E-state index in [1.165, 1.54) is 11.8 Å². The summed E-state index contributed by atoms with van der Waals surface area (Å²) in [5.41, 5.74) is 1.15. The lowest BCUT2D eigenvalue weighted by molar-refractivity contribution is -0.119. The third-order valence-electron chi connectivity index (χ3n) is 3.93. The summed E-state index contributed by atoms with van der Waals surface area (Å²) in [5.74, 6) is 0.847. The maximum atomic E-state index is 12.4. The Morgan fingerprint density at radius 2 is 2.08 bits per heavy atom. The first-order valence-electron chi connectivity index (χ1n) is 8.38. The van der Waals surface area contributed by atoms with Crippen molar-refractivity contribution in [2.45, 2.75) is 50.4 Å². The van der Waals surface area contributed by atoms with Crippen LogP contribution in [0.15, 0.2) is 35.5 Å². The van der Waals surface area contributed by atoms with Gasteiger partial charge in [0.25, 0.3) is 0 Å². The Morgan fingerprint density at radius 1 is 1.33 bits per heavy atom. The zero-order valence-electron chi connectivity index (χ0n) is 14.1. The molecular formula is C17H23N5OS. The van der Waals surface area contributed by atoms with Gasteiger partial charge in [0.1, 0.15) is 0 Å². The summed E-state index contributed by atoms with van der Waals surface area (Å²) in [7, 11) is 0. The van der Waals surface area contributed by atoms with E-state index in [0.717, 1.165) is 30.0 Å². The van der Waals surface area contributed by atoms with Crippen LogP contribution in [0.4, 0.5) is 0 Å². The molecule has 6 nitrogen and oxygen atoms in total. The van der Waals surface area contributed by atoms with Gasteiger partial charge in [-0.3, -0.25) is 4.79 Å². The Bertz CT molecular complexity index is 669. The molecule has 1 saturated carbocycles. The highest BCUT2D eigenvalue weighted by Gasteiger charge is 2.28. The van der Waals surface area contributed by atoms with Crippen molar-refractivity contribution in [1.29, 1.82) is 0 Å². The van der Waals surface area contributed by atoms with E-state index in [2.05, 4.69) is 46.8 Å². The molecule has 1 N–H and O–H groups in total. The minimum Gasteiger partial charge on any atom is -0.349 e. The number of nitrogens with one attached hydrogen (secondary N) is 1. The fraction of sp³-hybridized carbons (Fsp3) is 0.529. The van der Waals surface area contributed by atoms with Crippen molar-refractivity contribution in [3.8, 4) is 0 Å². The van der Waals surface area contributed by atoms with Gasteiger partial charge in [0.2, 0.25) is 11.1 Å². The topological polar surface area (TPSA) is 72.7 Å². The van der Waals surface area contributed by atoms with Gasteiger partial charge in [-0.15, -0.1) is 5.10 Å². The van der Waals surface area contributed by atoms with E-state index in [4.69, 9.17) is 0 Å². The molecule has 24 heavy (non-hydrogen) atoms. The number of carbonyl (C=O) groups is 1. The molecule has 1 heterocycles. The first kappa shape index (κ1) is 17.0. The third kappa shape index (κ3) is 4.56. The zero-order valence-corrected chi connectivity index (χ0v) is 14.9. The Hall–Kier alpha value is -1.89. The molecule has 3 rings (SSSR count). The van der Waals surface area contributed by atoms with Crippen molar-refractivity contribution in [2.75, 3.05) is 5.75 Å². The molecule has 1 fully saturated rings. The summed E-state index contributed by atoms with van der Waals surface area (Å²) in [4.78, 5) is 12.4. The lowest BCUT2D eigenvalue weighted by atomic mass is 9.97. The molecule has 7 heteroatoms. The van der Waals surface area contributed by atoms with Crippen molar-refractivity contribution in [3.63, 3.8) is 0 Å². The molecule has 0 unspecified atom stereocenters. The average Bonchev–Trinajstić information content (AvgIpc) is 3.31. The normalized spacial score (nSPS) is 15.5. The number of hydrogen-bond donors (Lipinski definition) is 1. The van der Waals surface area contributed by atoms with E-state index >= 15 is 0 Å². The maximum Gasteiger partial charge on any atom is 0.230 e. The van der Waals surface area contributed by atoms with Crippen LogP contribution in [0, 0.1) is 5.92 Å². The second-order valence-corrected chi connectivity index (χ2v) is 7.53. The molecule has 2 aromatic rings. The van der Waals surface area contributed by atoms with Crippen LogP contribution in [-0.4, -0.2) is 31.9 Å². The summed E-state index contributed by atoms with van der Waals surface area (Å²) in [5, 5.41) is 15.6. The standard InChI is InChI=1S/C17H23N5OS/c1-12(2)10-15(13-6-4-3-5-7-13)18-16(23)11-24-17-19-20-21-22(17)14-8-9-14/h3-7,12,14-15H,8-11H2,1-2H3,(H,18,23)/t15-/m1/s1. The van der Waals surface area contributed by atoms with E-state index < -0.39 is 0 Å². The molecule has 1 aliphatic carbocycles. The van der Waals surface area contributed by atoms with Gasteiger partial charge in [-0.1, -0.05) is 55.9 Å². The number of nitrogens with zero attached hydrogens (tertiary/aromatic N) is 4. The van der Waals surface area contributed by atoms with Crippen LogP contribution in [0.25, 0.3) is 0 Å². The third-order valence-corrected chi connectivity index (χ3v) is 4.87. The first-order valence-corrected chi connectivity index (χ1v) is 9.37. The number of amides is 1. The van der Waals surface area contributed by atoms with Crippen molar-refractivity contribution in [2.24, 2.45) is 5.92 Å². The Morgan fingerprint density at radius 3 is 2.75 bits per heavy atom. The Labute approximate surface area is 146 Å². The molecule has 0 aliphatic heterocycles. The highest BCUT2D eigenvalue weighted by Crippen LogP contribution is 2.36. The molecule has 1 aromatic heterocycles. The second kappa shape index (κ2) is 7.79. The van der Waals surface area contributed by atoms with Gasteiger partial charge in [-0.05, 0) is 41.2 Å². The molecule has 1 aliphatic rings. The SMILES string of the molecule is CC(C)C[C@@H](NC(=O)CSc1nnnn1C1CC1)c1ccccc1. The average molecular weight is 345 g/mol. The molecule has 1 amide bonds. The molecule has 1 aromatic carbocycles. The lowest BCUT2D eigenvalue weighted by Gasteiger charge is -2.21. The van der Waals surface area contributed by atoms with Crippen LogP contribution in [0.5, 0.6) is 0 Å². The number of thioether (sulfide) groups is 1. The van der Waals surface area contributed by atoms with Gasteiger partial charge in [0, 0.05) is 0 Å². The molecule has 1 atom stereocenters. The van der Waals surface area contributed by atoms with Crippen LogP contribution in [0.2, 0.25) is 0 Å². The minimum atomic E-state index is 0.0137. The van der Waals surface area contributed by atoms with Crippen LogP contribution < -0.4 is 5.32 Å². The number of benzene rings is 1. The lowest BCUT2D eigenvalue weighted by Crippen LogP contribution is -2.31. The van der Waals surface area contributed by atoms with Crippen molar-refractivity contribution in [3.05, 3.63) is 35.9 Å². The van der Waals surface area contributed by atoms with Crippen molar-refractivity contribution < 1.29 is 4.79 Å². The van der Waals surface area contributed by atoms with E-state index in [1.807, 2.05) is 22.9 Å². The predicted octanol–water partition coefficient (Wildman–Crippen LogP) is 3.00. The van der Waals surface area contributed by atoms with Gasteiger partial charge in [-0.2, -0.15) is 0 Å². The van der Waals surface area contributed by atoms with E-state index in [0.29, 0.717) is 17.7 Å². The summed E-state index contributed by atoms with van der Waals surface area (Å²) >= 11 is 1.40. The van der Waals surface area contributed by atoms with Gasteiger partial charge in [0.15, 0.2) is 0 Å². The van der Waals surface area contributed by atoms with Crippen LogP contribution in [0.1, 0.15) is 50.8 Å². The fourth-order valence-corrected chi connectivity index (χ4v) is 3.39. The smallest absolute Gasteiger partial charge is 0.230 e. The van der Waals surface area contributed by atoms with Crippen LogP contribution in [0.3, 0.4) is 0 Å². The highest BCUT2D eigenvalue weighted by atomic mass is 32.2. The number of carbonyl (C=O) groups excluding carboxylic acids is 1. The fourth-order valence-electron chi connectivity index (χ4n) is 2.63. The predicted molar refractivity (Wildman–Crippen MR) is 93.6 cm³/mol. The number of hydrogen-bond acceptors (Lipinski definition) is 5. The number of rotatable bonds is 8. The van der Waals surface area contributed by atoms with Gasteiger partial charge >= 0.3 is 0 Å². The summed E-state index contributed by atoms with van der Waals surface area (Å²) in [6, 6.07) is 10.6. The molecule has 128 valence electrons. The van der Waals surface area contributed by atoms with Gasteiger partial charge in [-0.25, -0.2) is 4.68 Å². The van der Waals surface area contributed by atoms with Gasteiger partial charge in [0.05, 0.1) is 17.8 Å². The monoisotopic (exact) mass is 345 g/mol. The van der Waals surface area contributed by atoms with Gasteiger partial charge < -0.3 is 5.32 Å². The van der Waals surface area contributed by atoms with E-state index in [-0.39, 0.29) is 11.9 Å². The number of aromatic nitrogens is 4. The largest absolute Gasteiger partial charge is 0.349 e. The number of tetrazole rings is 1.